The van der Waals surface area contributed by atoms with Crippen molar-refractivity contribution >= 4 is 17.3 Å². The van der Waals surface area contributed by atoms with Gasteiger partial charge in [-0.05, 0) is 38.0 Å². The standard InChI is InChI=1S/C20H26N4O2/c1-14-5-4-6-17(15(14)2)23-18-13-19(22-16(3)21-18)24-9-7-20(8-10-24)25-11-12-26-20/h4-6,13H,7-12H2,1-3H3,(H,21,22,23). The number of hydrogen-bond donors (Lipinski definition) is 1. The molecular weight excluding hydrogens is 328 g/mol. The number of anilines is 3. The molecule has 6 heteroatoms. The van der Waals surface area contributed by atoms with Crippen molar-refractivity contribution in [2.45, 2.75) is 39.4 Å². The lowest BCUT2D eigenvalue weighted by Gasteiger charge is -2.38. The number of ether oxygens (including phenoxy) is 2. The quantitative estimate of drug-likeness (QED) is 0.910. The lowest BCUT2D eigenvalue weighted by Crippen LogP contribution is -2.45. The minimum atomic E-state index is -0.363. The van der Waals surface area contributed by atoms with Gasteiger partial charge in [0, 0.05) is 37.7 Å². The molecule has 3 heterocycles. The van der Waals surface area contributed by atoms with Crippen molar-refractivity contribution < 1.29 is 9.47 Å². The Morgan fingerprint density at radius 1 is 1.04 bits per heavy atom. The van der Waals surface area contributed by atoms with E-state index >= 15 is 0 Å². The van der Waals surface area contributed by atoms with E-state index in [0.717, 1.165) is 49.1 Å². The zero-order valence-corrected chi connectivity index (χ0v) is 15.7. The molecule has 2 aromatic rings. The highest BCUT2D eigenvalue weighted by Gasteiger charge is 2.40. The van der Waals surface area contributed by atoms with E-state index in [9.17, 15) is 0 Å². The first-order valence-corrected chi connectivity index (χ1v) is 9.26. The smallest absolute Gasteiger partial charge is 0.171 e. The minimum Gasteiger partial charge on any atom is -0.356 e. The van der Waals surface area contributed by atoms with Crippen molar-refractivity contribution in [3.63, 3.8) is 0 Å². The molecule has 2 aliphatic rings. The maximum atomic E-state index is 5.82. The Bertz CT molecular complexity index is 792. The summed E-state index contributed by atoms with van der Waals surface area (Å²) >= 11 is 0. The van der Waals surface area contributed by atoms with Crippen molar-refractivity contribution in [1.82, 2.24) is 9.97 Å². The van der Waals surface area contributed by atoms with Gasteiger partial charge in [0.1, 0.15) is 17.5 Å². The van der Waals surface area contributed by atoms with Gasteiger partial charge in [0.25, 0.3) is 0 Å². The van der Waals surface area contributed by atoms with E-state index in [-0.39, 0.29) is 5.79 Å². The molecule has 0 radical (unpaired) electrons. The number of benzene rings is 1. The third-order valence-corrected chi connectivity index (χ3v) is 5.35. The Hall–Kier alpha value is -2.18. The van der Waals surface area contributed by atoms with Gasteiger partial charge in [0.15, 0.2) is 5.79 Å². The first-order chi connectivity index (χ1) is 12.5. The van der Waals surface area contributed by atoms with Crippen molar-refractivity contribution in [2.24, 2.45) is 0 Å². The van der Waals surface area contributed by atoms with Gasteiger partial charge >= 0.3 is 0 Å². The lowest BCUT2D eigenvalue weighted by atomic mass is 10.0. The molecule has 6 nitrogen and oxygen atoms in total. The third kappa shape index (κ3) is 3.39. The first-order valence-electron chi connectivity index (χ1n) is 9.26. The number of nitrogens with zero attached hydrogens (tertiary/aromatic N) is 3. The largest absolute Gasteiger partial charge is 0.356 e. The average molecular weight is 354 g/mol. The molecule has 2 saturated heterocycles. The maximum Gasteiger partial charge on any atom is 0.171 e. The molecule has 4 rings (SSSR count). The molecule has 1 N–H and O–H groups in total. The van der Waals surface area contributed by atoms with Crippen LogP contribution >= 0.6 is 0 Å². The second-order valence-electron chi connectivity index (χ2n) is 7.13. The molecule has 2 aliphatic heterocycles. The summed E-state index contributed by atoms with van der Waals surface area (Å²) < 4.78 is 11.6. The molecule has 26 heavy (non-hydrogen) atoms. The van der Waals surface area contributed by atoms with Crippen LogP contribution in [-0.4, -0.2) is 42.1 Å². The molecule has 0 aliphatic carbocycles. The van der Waals surface area contributed by atoms with E-state index in [1.807, 2.05) is 13.0 Å². The van der Waals surface area contributed by atoms with Crippen LogP contribution in [0.5, 0.6) is 0 Å². The zero-order valence-electron chi connectivity index (χ0n) is 15.7. The molecule has 138 valence electrons. The van der Waals surface area contributed by atoms with E-state index in [1.165, 1.54) is 11.1 Å². The van der Waals surface area contributed by atoms with Gasteiger partial charge < -0.3 is 19.7 Å². The lowest BCUT2D eigenvalue weighted by molar-refractivity contribution is -0.169. The summed E-state index contributed by atoms with van der Waals surface area (Å²) in [5, 5.41) is 3.45. The van der Waals surface area contributed by atoms with E-state index in [2.05, 4.69) is 52.2 Å². The molecule has 0 amide bonds. The molecule has 1 spiro atoms. The zero-order chi connectivity index (χ0) is 18.1. The van der Waals surface area contributed by atoms with Crippen LogP contribution in [0.4, 0.5) is 17.3 Å². The first kappa shape index (κ1) is 17.2. The second-order valence-corrected chi connectivity index (χ2v) is 7.13. The number of piperidine rings is 1. The van der Waals surface area contributed by atoms with Gasteiger partial charge in [-0.3, -0.25) is 0 Å². The number of aryl methyl sites for hydroxylation is 2. The average Bonchev–Trinajstić information content (AvgIpc) is 3.07. The number of aromatic nitrogens is 2. The topological polar surface area (TPSA) is 59.5 Å². The highest BCUT2D eigenvalue weighted by molar-refractivity contribution is 5.64. The Kier molecular flexibility index (Phi) is 4.54. The Morgan fingerprint density at radius 2 is 1.77 bits per heavy atom. The van der Waals surface area contributed by atoms with E-state index < -0.39 is 0 Å². The molecule has 2 fully saturated rings. The fraction of sp³-hybridized carbons (Fsp3) is 0.500. The van der Waals surface area contributed by atoms with Gasteiger partial charge in [-0.2, -0.15) is 0 Å². The monoisotopic (exact) mass is 354 g/mol. The number of nitrogens with one attached hydrogen (secondary N) is 1. The normalized spacial score (nSPS) is 19.1. The van der Waals surface area contributed by atoms with E-state index in [0.29, 0.717) is 13.2 Å². The SMILES string of the molecule is Cc1nc(Nc2cccc(C)c2C)cc(N2CCC3(CC2)OCCO3)n1. The van der Waals surface area contributed by atoms with Crippen LogP contribution in [0.25, 0.3) is 0 Å². The van der Waals surface area contributed by atoms with Crippen LogP contribution in [-0.2, 0) is 9.47 Å². The highest BCUT2D eigenvalue weighted by Crippen LogP contribution is 2.33. The van der Waals surface area contributed by atoms with Gasteiger partial charge in [0.2, 0.25) is 0 Å². The van der Waals surface area contributed by atoms with Crippen molar-refractivity contribution in [3.8, 4) is 0 Å². The predicted octanol–water partition coefficient (Wildman–Crippen LogP) is 3.49. The summed E-state index contributed by atoms with van der Waals surface area (Å²) in [6, 6.07) is 8.29. The van der Waals surface area contributed by atoms with E-state index in [1.54, 1.807) is 0 Å². The second kappa shape index (κ2) is 6.85. The number of hydrogen-bond acceptors (Lipinski definition) is 6. The third-order valence-electron chi connectivity index (χ3n) is 5.35. The van der Waals surface area contributed by atoms with Crippen LogP contribution in [0.1, 0.15) is 29.8 Å². The van der Waals surface area contributed by atoms with E-state index in [4.69, 9.17) is 9.47 Å². The van der Waals surface area contributed by atoms with Crippen LogP contribution in [0.2, 0.25) is 0 Å². The predicted molar refractivity (Wildman–Crippen MR) is 102 cm³/mol. The molecule has 0 saturated carbocycles. The molecular formula is C20H26N4O2. The molecule has 0 unspecified atom stereocenters. The van der Waals surface area contributed by atoms with Crippen molar-refractivity contribution in [1.29, 1.82) is 0 Å². The molecule has 1 aromatic heterocycles. The Morgan fingerprint density at radius 3 is 2.50 bits per heavy atom. The van der Waals surface area contributed by atoms with Gasteiger partial charge in [0.05, 0.1) is 13.2 Å². The molecule has 1 aromatic carbocycles. The fourth-order valence-corrected chi connectivity index (χ4v) is 3.66. The fourth-order valence-electron chi connectivity index (χ4n) is 3.66. The molecule has 0 atom stereocenters. The van der Waals surface area contributed by atoms with Crippen LogP contribution in [0, 0.1) is 20.8 Å². The maximum absolute atomic E-state index is 5.82. The van der Waals surface area contributed by atoms with Crippen LogP contribution in [0.15, 0.2) is 24.3 Å². The highest BCUT2D eigenvalue weighted by atomic mass is 16.7. The summed E-state index contributed by atoms with van der Waals surface area (Å²) in [4.78, 5) is 11.5. The summed E-state index contributed by atoms with van der Waals surface area (Å²) in [6.45, 7) is 9.34. The minimum absolute atomic E-state index is 0.363. The summed E-state index contributed by atoms with van der Waals surface area (Å²) in [7, 11) is 0. The van der Waals surface area contributed by atoms with Crippen LogP contribution < -0.4 is 10.2 Å². The van der Waals surface area contributed by atoms with Gasteiger partial charge in [-0.25, -0.2) is 9.97 Å². The van der Waals surface area contributed by atoms with Crippen LogP contribution in [0.3, 0.4) is 0 Å². The van der Waals surface area contributed by atoms with Gasteiger partial charge in [-0.1, -0.05) is 12.1 Å². The van der Waals surface area contributed by atoms with Crippen molar-refractivity contribution in [3.05, 3.63) is 41.2 Å². The van der Waals surface area contributed by atoms with Crippen molar-refractivity contribution in [2.75, 3.05) is 36.5 Å². The Labute approximate surface area is 154 Å². The summed E-state index contributed by atoms with van der Waals surface area (Å²) in [5.41, 5.74) is 3.58. The summed E-state index contributed by atoms with van der Waals surface area (Å²) in [5.74, 6) is 2.19. The molecule has 0 bridgehead atoms. The Balaban J connectivity index is 1.52. The van der Waals surface area contributed by atoms with Gasteiger partial charge in [-0.15, -0.1) is 0 Å². The summed E-state index contributed by atoms with van der Waals surface area (Å²) in [6.07, 6.45) is 1.74. The number of rotatable bonds is 3.